The van der Waals surface area contributed by atoms with E-state index in [1.807, 2.05) is 82.8 Å². The number of imidazole rings is 1. The van der Waals surface area contributed by atoms with Crippen LogP contribution in [0.15, 0.2) is 91.1 Å². The highest BCUT2D eigenvalue weighted by atomic mass is 79.9. The summed E-state index contributed by atoms with van der Waals surface area (Å²) in [6.07, 6.45) is -2.45. The summed E-state index contributed by atoms with van der Waals surface area (Å²) in [5.41, 5.74) is 3.17. The summed E-state index contributed by atoms with van der Waals surface area (Å²) in [7, 11) is 0. The molecule has 0 amide bonds. The molecule has 0 unspecified atom stereocenters. The van der Waals surface area contributed by atoms with Gasteiger partial charge >= 0.3 is 6.18 Å². The number of alkyl halides is 3. The number of ether oxygens (including phenoxy) is 1. The zero-order valence-electron chi connectivity index (χ0n) is 17.7. The molecule has 0 aliphatic heterocycles. The maximum atomic E-state index is 13.4. The maximum Gasteiger partial charge on any atom is 0.416 e. The van der Waals surface area contributed by atoms with E-state index in [-0.39, 0.29) is 17.0 Å². The quantitative estimate of drug-likeness (QED) is 0.337. The first kappa shape index (κ1) is 22.9. The number of pyridine rings is 1. The zero-order chi connectivity index (χ0) is 22.3. The molecule has 2 heterocycles. The van der Waals surface area contributed by atoms with Crippen molar-refractivity contribution in [2.45, 2.75) is 13.1 Å². The number of hydrogen-bond acceptors (Lipinski definition) is 1. The molecular formula is C26H20BrF3N2O. The van der Waals surface area contributed by atoms with Crippen LogP contribution in [-0.4, -0.2) is 11.2 Å². The Morgan fingerprint density at radius 2 is 1.64 bits per heavy atom. The van der Waals surface area contributed by atoms with Crippen molar-refractivity contribution in [3.63, 3.8) is 0 Å². The summed E-state index contributed by atoms with van der Waals surface area (Å²) in [5.74, 6) is 0.746. The van der Waals surface area contributed by atoms with Crippen LogP contribution in [-0.2, 0) is 6.18 Å². The zero-order valence-corrected chi connectivity index (χ0v) is 19.3. The molecule has 0 saturated heterocycles. The molecule has 0 atom stereocenters. The SMILES string of the molecule is CCOc1ccc(-c2c[n+]3c4ccccc4ccc3n2-c2cccc(C(F)(F)F)c2)cc1.[Br-]. The van der Waals surface area contributed by atoms with Crippen LogP contribution < -0.4 is 26.1 Å². The summed E-state index contributed by atoms with van der Waals surface area (Å²) >= 11 is 0. The Morgan fingerprint density at radius 1 is 0.879 bits per heavy atom. The summed E-state index contributed by atoms with van der Waals surface area (Å²) in [4.78, 5) is 0. The summed E-state index contributed by atoms with van der Waals surface area (Å²) in [6.45, 7) is 2.48. The molecule has 3 nitrogen and oxygen atoms in total. The van der Waals surface area contributed by atoms with Gasteiger partial charge in [0, 0.05) is 17.0 Å². The fraction of sp³-hybridized carbons (Fsp3) is 0.115. The van der Waals surface area contributed by atoms with Crippen molar-refractivity contribution in [1.82, 2.24) is 4.57 Å². The van der Waals surface area contributed by atoms with E-state index >= 15 is 0 Å². The van der Waals surface area contributed by atoms with Gasteiger partial charge in [-0.2, -0.15) is 22.1 Å². The molecule has 0 radical (unpaired) electrons. The molecule has 0 bridgehead atoms. The number of aromatic nitrogens is 2. The fourth-order valence-corrected chi connectivity index (χ4v) is 4.02. The van der Waals surface area contributed by atoms with E-state index in [1.165, 1.54) is 12.1 Å². The second-order valence-corrected chi connectivity index (χ2v) is 7.48. The van der Waals surface area contributed by atoms with Crippen molar-refractivity contribution in [3.05, 3.63) is 96.7 Å². The van der Waals surface area contributed by atoms with Gasteiger partial charge in [0.25, 0.3) is 5.65 Å². The molecule has 0 saturated carbocycles. The van der Waals surface area contributed by atoms with Gasteiger partial charge in [0.15, 0.2) is 5.69 Å². The molecule has 0 aliphatic carbocycles. The standard InChI is InChI=1S/C26H20F3N2O.BrH/c1-2-32-22-13-10-19(11-14-22)24-17-30-23-9-4-3-6-18(23)12-15-25(30)31(24)21-8-5-7-20(16-21)26(27,28)29;/h3-17H,2H2,1H3;1H/q+1;/p-1. The first-order valence-electron chi connectivity index (χ1n) is 10.3. The predicted octanol–water partition coefficient (Wildman–Crippen LogP) is 3.46. The van der Waals surface area contributed by atoms with Gasteiger partial charge < -0.3 is 21.7 Å². The number of fused-ring (bicyclic) bond motifs is 3. The van der Waals surface area contributed by atoms with Crippen molar-refractivity contribution in [2.75, 3.05) is 6.61 Å². The van der Waals surface area contributed by atoms with Gasteiger partial charge in [-0.3, -0.25) is 0 Å². The van der Waals surface area contributed by atoms with Gasteiger partial charge in [0.1, 0.15) is 23.2 Å². The monoisotopic (exact) mass is 512 g/mol. The smallest absolute Gasteiger partial charge is 0.416 e. The lowest BCUT2D eigenvalue weighted by Gasteiger charge is -2.09. The number of benzene rings is 3. The Kier molecular flexibility index (Phi) is 6.17. The second kappa shape index (κ2) is 8.90. The van der Waals surface area contributed by atoms with Gasteiger partial charge in [-0.05, 0) is 61.5 Å². The van der Waals surface area contributed by atoms with Crippen molar-refractivity contribution in [3.8, 4) is 22.7 Å². The fourth-order valence-electron chi connectivity index (χ4n) is 4.02. The van der Waals surface area contributed by atoms with Gasteiger partial charge in [0.2, 0.25) is 0 Å². The van der Waals surface area contributed by atoms with Gasteiger partial charge in [-0.1, -0.05) is 24.3 Å². The van der Waals surface area contributed by atoms with Crippen LogP contribution in [0.2, 0.25) is 0 Å². The largest absolute Gasteiger partial charge is 1.00 e. The van der Waals surface area contributed by atoms with E-state index in [0.29, 0.717) is 12.3 Å². The lowest BCUT2D eigenvalue weighted by atomic mass is 10.1. The molecule has 5 rings (SSSR count). The van der Waals surface area contributed by atoms with Gasteiger partial charge in [-0.15, -0.1) is 0 Å². The van der Waals surface area contributed by atoms with Crippen molar-refractivity contribution in [2.24, 2.45) is 0 Å². The molecule has 0 aliphatic rings. The third-order valence-electron chi connectivity index (χ3n) is 5.47. The van der Waals surface area contributed by atoms with Crippen LogP contribution in [0, 0.1) is 0 Å². The molecular weight excluding hydrogens is 493 g/mol. The average Bonchev–Trinajstić information content (AvgIpc) is 3.19. The number of nitrogens with zero attached hydrogens (tertiary/aromatic N) is 2. The highest BCUT2D eigenvalue weighted by molar-refractivity contribution is 5.78. The number of halogens is 4. The van der Waals surface area contributed by atoms with Crippen molar-refractivity contribution >= 4 is 16.6 Å². The van der Waals surface area contributed by atoms with E-state index in [4.69, 9.17) is 4.74 Å². The van der Waals surface area contributed by atoms with Crippen molar-refractivity contribution < 1.29 is 39.3 Å². The first-order chi connectivity index (χ1) is 15.5. The normalized spacial score (nSPS) is 11.5. The minimum absolute atomic E-state index is 0. The molecule has 5 aromatic rings. The van der Waals surface area contributed by atoms with E-state index in [1.54, 1.807) is 6.07 Å². The molecule has 0 fully saturated rings. The first-order valence-corrected chi connectivity index (χ1v) is 10.3. The minimum atomic E-state index is -4.42. The third kappa shape index (κ3) is 4.20. The van der Waals surface area contributed by atoms with Crippen LogP contribution >= 0.6 is 0 Å². The number of rotatable bonds is 4. The van der Waals surface area contributed by atoms with Gasteiger partial charge in [0.05, 0.1) is 12.2 Å². The Labute approximate surface area is 199 Å². The highest BCUT2D eigenvalue weighted by Gasteiger charge is 2.32. The highest BCUT2D eigenvalue weighted by Crippen LogP contribution is 2.33. The minimum Gasteiger partial charge on any atom is -1.00 e. The number of para-hydroxylation sites is 1. The molecule has 0 N–H and O–H groups in total. The second-order valence-electron chi connectivity index (χ2n) is 7.48. The Bertz CT molecular complexity index is 1430. The van der Waals surface area contributed by atoms with E-state index in [0.717, 1.165) is 39.6 Å². The molecule has 3 aromatic carbocycles. The molecule has 33 heavy (non-hydrogen) atoms. The lowest BCUT2D eigenvalue weighted by molar-refractivity contribution is -0.479. The Morgan fingerprint density at radius 3 is 2.36 bits per heavy atom. The van der Waals surface area contributed by atoms with Gasteiger partial charge in [-0.25, -0.2) is 0 Å². The lowest BCUT2D eigenvalue weighted by Crippen LogP contribution is -3.00. The van der Waals surface area contributed by atoms with E-state index in [9.17, 15) is 13.2 Å². The molecule has 168 valence electrons. The van der Waals surface area contributed by atoms with Crippen LogP contribution in [0.5, 0.6) is 5.75 Å². The van der Waals surface area contributed by atoms with Crippen LogP contribution in [0.25, 0.3) is 33.5 Å². The number of hydrogen-bond donors (Lipinski definition) is 0. The summed E-state index contributed by atoms with van der Waals surface area (Å²) in [6, 6.07) is 24.8. The Hall–Kier alpha value is -3.32. The summed E-state index contributed by atoms with van der Waals surface area (Å²) < 4.78 is 49.7. The molecule has 2 aromatic heterocycles. The Balaban J connectivity index is 0.00000259. The van der Waals surface area contributed by atoms with E-state index < -0.39 is 11.7 Å². The van der Waals surface area contributed by atoms with Crippen LogP contribution in [0.3, 0.4) is 0 Å². The average molecular weight is 513 g/mol. The topological polar surface area (TPSA) is 18.3 Å². The predicted molar refractivity (Wildman–Crippen MR) is 118 cm³/mol. The third-order valence-corrected chi connectivity index (χ3v) is 5.47. The van der Waals surface area contributed by atoms with E-state index in [2.05, 4.69) is 0 Å². The van der Waals surface area contributed by atoms with Crippen LogP contribution in [0.4, 0.5) is 13.2 Å². The molecule has 7 heteroatoms. The molecule has 0 spiro atoms. The van der Waals surface area contributed by atoms with Crippen LogP contribution in [0.1, 0.15) is 12.5 Å². The maximum absolute atomic E-state index is 13.4. The van der Waals surface area contributed by atoms with Crippen molar-refractivity contribution in [1.29, 1.82) is 0 Å². The summed E-state index contributed by atoms with van der Waals surface area (Å²) in [5, 5.41) is 1.05.